The van der Waals surface area contributed by atoms with E-state index < -0.39 is 0 Å². The van der Waals surface area contributed by atoms with Gasteiger partial charge in [0.15, 0.2) is 0 Å². The Labute approximate surface area is 719 Å². The molecule has 9 heterocycles. The molecule has 0 spiro atoms. The predicted octanol–water partition coefficient (Wildman–Crippen LogP) is 23.5. The van der Waals surface area contributed by atoms with Gasteiger partial charge in [-0.3, -0.25) is 0 Å². The molecule has 0 saturated carbocycles. The minimum Gasteiger partial charge on any atom is -0.458 e. The van der Waals surface area contributed by atoms with Gasteiger partial charge in [0.05, 0.1) is 50.2 Å². The molecule has 0 unspecified atom stereocenters. The van der Waals surface area contributed by atoms with Crippen molar-refractivity contribution in [3.8, 4) is 74.6 Å². The van der Waals surface area contributed by atoms with Crippen LogP contribution in [0.3, 0.4) is 0 Å². The third-order valence-electron chi connectivity index (χ3n) is 27.7. The number of fused-ring (bicyclic) bond motifs is 21. The molecule has 606 valence electrons. The number of hydrogen-bond acceptors (Lipinski definition) is 6. The van der Waals surface area contributed by atoms with E-state index in [0.717, 1.165) is 168 Å². The smallest absolute Gasteiger partial charge is 0.260 e. The maximum atomic E-state index is 7.82. The van der Waals surface area contributed by atoms with Crippen LogP contribution in [0.15, 0.2) is 206 Å². The molecule has 0 atom stereocenters. The van der Waals surface area contributed by atoms with Crippen molar-refractivity contribution in [2.24, 2.45) is 0 Å². The summed E-state index contributed by atoms with van der Waals surface area (Å²) < 4.78 is 45.5. The van der Waals surface area contributed by atoms with Crippen molar-refractivity contribution in [1.29, 1.82) is 0 Å². The van der Waals surface area contributed by atoms with Gasteiger partial charge in [-0.2, -0.15) is 0 Å². The van der Waals surface area contributed by atoms with Crippen LogP contribution in [0.2, 0.25) is 0 Å². The summed E-state index contributed by atoms with van der Waals surface area (Å²) in [6.45, 7) is 54.5. The quantitative estimate of drug-likeness (QED) is 0.178. The van der Waals surface area contributed by atoms with Gasteiger partial charge in [0.25, 0.3) is 20.1 Å². The molecule has 16 aromatic rings. The van der Waals surface area contributed by atoms with E-state index in [1.807, 2.05) is 0 Å². The summed E-state index contributed by atoms with van der Waals surface area (Å²) in [6.07, 6.45) is 0. The first-order valence-electron chi connectivity index (χ1n) is 44.1. The van der Waals surface area contributed by atoms with Crippen LogP contribution < -0.4 is 78.2 Å². The number of benzene rings is 13. The summed E-state index contributed by atoms with van der Waals surface area (Å²) >= 11 is 0. The summed E-state index contributed by atoms with van der Waals surface area (Å²) in [5, 5.41) is 11.5. The van der Waals surface area contributed by atoms with Crippen LogP contribution in [0.25, 0.3) is 82.5 Å². The van der Waals surface area contributed by atoms with E-state index in [1.54, 1.807) is 0 Å². The molecule has 0 aliphatic carbocycles. The second-order valence-corrected chi connectivity index (χ2v) is 44.4. The van der Waals surface area contributed by atoms with Gasteiger partial charge in [-0.25, -0.2) is 0 Å². The fourth-order valence-electron chi connectivity index (χ4n) is 20.6. The minimum absolute atomic E-state index is 0.0527. The molecule has 1 N–H and O–H groups in total. The van der Waals surface area contributed by atoms with Gasteiger partial charge in [0.1, 0.15) is 57.5 Å². The lowest BCUT2D eigenvalue weighted by molar-refractivity contribution is 0.451. The Morgan fingerprint density at radius 3 is 0.721 bits per heavy atom. The summed E-state index contributed by atoms with van der Waals surface area (Å²) in [4.78, 5) is 0. The number of ether oxygens (including phenoxy) is 5. The highest BCUT2D eigenvalue weighted by molar-refractivity contribution is 7.02. The zero-order valence-corrected chi connectivity index (χ0v) is 75.2. The second kappa shape index (κ2) is 25.0. The lowest BCUT2D eigenvalue weighted by atomic mass is 9.30. The standard InChI is InChI=1S/C110H107B3N4O5/c1-103(2,3)59-25-33-84-70(41-59)71-42-60(104(4,5)6)26-34-85(71)115(84)67-49-83-100-95(50-67)118-90-39-31-65(109(19,20)21)47-77(90)111(100)76-55-79-92(57-82(76)114-83)120-97-52-69(117-88-37-29-63(107(13,14)15)45-74(88)75-46-64(108(16,17)18)30-38-89(75)117)54-99-102(97)113(79)81-56-80-93(58-94(81)122-99)121-98-53-68(51-96-101(98)112(80)78-48-66(110(22,23)24)32-40-91(78)119-96)116-86-35-27-61(105(7,8)9)43-72(86)73-44-62(106(10,11)12)28-36-87(73)116/h25-58,114H,1-24H3. The number of nitrogens with zero attached hydrogens (tertiary/aromatic N) is 3. The van der Waals surface area contributed by atoms with Crippen LogP contribution in [-0.4, -0.2) is 33.8 Å². The maximum absolute atomic E-state index is 7.82. The van der Waals surface area contributed by atoms with Gasteiger partial charge in [-0.15, -0.1) is 0 Å². The van der Waals surface area contributed by atoms with Crippen LogP contribution in [0, 0.1) is 0 Å². The molecule has 0 saturated heterocycles. The molecule has 12 heteroatoms. The fourth-order valence-corrected chi connectivity index (χ4v) is 20.6. The first-order chi connectivity index (χ1) is 57.4. The molecular formula is C110H107B3N4O5. The van der Waals surface area contributed by atoms with Crippen molar-refractivity contribution in [2.45, 2.75) is 209 Å². The number of rotatable bonds is 3. The van der Waals surface area contributed by atoms with E-state index >= 15 is 0 Å². The SMILES string of the molecule is CC(C)(C)c1ccc2c(c1)B1c3cc4c(cc3Nc3cc(-n5c6ccc(C(C)(C)C)cc6c6cc(C(C)(C)C)ccc65)cc(c31)O2)Oc1cc(-n2c3ccc(C(C)(C)C)cc3c3cc(C(C)(C)C)ccc32)cc2c1B4c1cc3c(cc1O2)Oc1cc(-n2c4ccc(C(C)(C)C)cc4c4cc(C(C)(C)C)ccc42)cc2c1B3c1cc(C(C)(C)C)ccc1O2. The minimum atomic E-state index is -0.383. The molecule has 3 aromatic heterocycles. The molecule has 13 aromatic carbocycles. The van der Waals surface area contributed by atoms with E-state index in [-0.39, 0.29) is 63.5 Å². The Balaban J connectivity index is 0.775. The van der Waals surface area contributed by atoms with Crippen molar-refractivity contribution in [3.05, 3.63) is 251 Å². The molecule has 9 nitrogen and oxygen atoms in total. The average Bonchev–Trinajstić information content (AvgIpc) is 0.846. The van der Waals surface area contributed by atoms with Gasteiger partial charge in [-0.05, 0) is 217 Å². The highest BCUT2D eigenvalue weighted by Gasteiger charge is 2.49. The zero-order chi connectivity index (χ0) is 85.2. The largest absolute Gasteiger partial charge is 0.458 e. The van der Waals surface area contributed by atoms with Gasteiger partial charge in [0.2, 0.25) is 0 Å². The van der Waals surface area contributed by atoms with Crippen molar-refractivity contribution in [3.63, 3.8) is 0 Å². The molecule has 6 aliphatic heterocycles. The monoisotopic (exact) mass is 1600 g/mol. The van der Waals surface area contributed by atoms with Gasteiger partial charge < -0.3 is 42.7 Å². The highest BCUT2D eigenvalue weighted by atomic mass is 16.5. The van der Waals surface area contributed by atoms with Crippen LogP contribution in [0.5, 0.6) is 57.5 Å². The normalized spacial score (nSPS) is 14.6. The maximum Gasteiger partial charge on any atom is 0.260 e. The van der Waals surface area contributed by atoms with E-state index in [9.17, 15) is 0 Å². The van der Waals surface area contributed by atoms with Crippen molar-refractivity contribution in [1.82, 2.24) is 13.7 Å². The number of anilines is 2. The van der Waals surface area contributed by atoms with E-state index in [4.69, 9.17) is 23.7 Å². The Hall–Kier alpha value is -11.7. The third-order valence-corrected chi connectivity index (χ3v) is 27.7. The van der Waals surface area contributed by atoms with Gasteiger partial charge in [0, 0.05) is 97.1 Å². The highest BCUT2D eigenvalue weighted by Crippen LogP contribution is 2.50. The predicted molar refractivity (Wildman–Crippen MR) is 515 cm³/mol. The molecule has 0 bridgehead atoms. The number of nitrogens with one attached hydrogen (secondary N) is 1. The molecular weight excluding hydrogens is 1490 g/mol. The molecule has 122 heavy (non-hydrogen) atoms. The van der Waals surface area contributed by atoms with Crippen LogP contribution in [0.1, 0.15) is 211 Å². The summed E-state index contributed by atoms with van der Waals surface area (Å²) in [5.41, 5.74) is 30.7. The molecule has 0 fully saturated rings. The molecule has 0 amide bonds. The Morgan fingerprint density at radius 1 is 0.197 bits per heavy atom. The topological polar surface area (TPSA) is 73.0 Å². The van der Waals surface area contributed by atoms with Crippen LogP contribution in [0.4, 0.5) is 11.4 Å². The Kier molecular flexibility index (Phi) is 15.7. The summed E-state index contributed by atoms with van der Waals surface area (Å²) in [6, 6.07) is 79.4. The lowest BCUT2D eigenvalue weighted by Gasteiger charge is -2.39. The number of aromatic nitrogens is 3. The van der Waals surface area contributed by atoms with Crippen LogP contribution in [-0.2, 0) is 43.3 Å². The zero-order valence-electron chi connectivity index (χ0n) is 75.2. The summed E-state index contributed by atoms with van der Waals surface area (Å²) in [5.74, 6) is 7.73. The van der Waals surface area contributed by atoms with Crippen LogP contribution >= 0.6 is 0 Å². The summed E-state index contributed by atoms with van der Waals surface area (Å²) in [7, 11) is 0. The molecule has 6 aliphatic rings. The number of hydrogen-bond donors (Lipinski definition) is 1. The van der Waals surface area contributed by atoms with E-state index in [1.165, 1.54) is 76.8 Å². The Morgan fingerprint density at radius 2 is 0.426 bits per heavy atom. The first-order valence-corrected chi connectivity index (χ1v) is 44.1. The third kappa shape index (κ3) is 11.6. The Bertz CT molecular complexity index is 6800. The molecule has 22 rings (SSSR count). The van der Waals surface area contributed by atoms with Crippen molar-refractivity contribution >= 4 is 146 Å². The second-order valence-electron chi connectivity index (χ2n) is 44.4. The first kappa shape index (κ1) is 76.4. The average molecular weight is 1600 g/mol. The molecule has 0 radical (unpaired) electrons. The van der Waals surface area contributed by atoms with Gasteiger partial charge >= 0.3 is 0 Å². The van der Waals surface area contributed by atoms with E-state index in [2.05, 4.69) is 391 Å². The lowest BCUT2D eigenvalue weighted by Crippen LogP contribution is -2.63. The van der Waals surface area contributed by atoms with Gasteiger partial charge in [-0.1, -0.05) is 239 Å². The fraction of sp³-hybridized carbons (Fsp3) is 0.291. The van der Waals surface area contributed by atoms with Crippen molar-refractivity contribution < 1.29 is 23.7 Å². The van der Waals surface area contributed by atoms with E-state index in [0.29, 0.717) is 0 Å². The van der Waals surface area contributed by atoms with Crippen molar-refractivity contribution in [2.75, 3.05) is 5.32 Å².